The van der Waals surface area contributed by atoms with Crippen LogP contribution in [0.5, 0.6) is 0 Å². The molecule has 3 rings (SSSR count). The summed E-state index contributed by atoms with van der Waals surface area (Å²) >= 11 is 0. The molecule has 4 nitrogen and oxygen atoms in total. The third-order valence-electron chi connectivity index (χ3n) is 3.34. The van der Waals surface area contributed by atoms with Gasteiger partial charge in [0.15, 0.2) is 5.82 Å². The van der Waals surface area contributed by atoms with Crippen molar-refractivity contribution in [2.24, 2.45) is 0 Å². The topological polar surface area (TPSA) is 50.7 Å². The first-order valence-electron chi connectivity index (χ1n) is 6.75. The Balaban J connectivity index is 2.06. The summed E-state index contributed by atoms with van der Waals surface area (Å²) in [7, 11) is 0. The molecule has 0 saturated heterocycles. The van der Waals surface area contributed by atoms with E-state index in [0.717, 1.165) is 5.69 Å². The van der Waals surface area contributed by atoms with Crippen molar-refractivity contribution in [1.29, 1.82) is 0 Å². The number of hydrogen-bond acceptors (Lipinski definition) is 4. The van der Waals surface area contributed by atoms with E-state index >= 15 is 0 Å². The third kappa shape index (κ3) is 2.54. The number of fused-ring (bicyclic) bond motifs is 1. The molecule has 3 heterocycles. The summed E-state index contributed by atoms with van der Waals surface area (Å²) < 4.78 is 14.4. The second kappa shape index (κ2) is 5.44. The molecule has 0 fully saturated rings. The minimum Gasteiger partial charge on any atom is -0.373 e. The number of aryl methyl sites for hydroxylation is 1. The van der Waals surface area contributed by atoms with Crippen LogP contribution in [0.1, 0.15) is 24.4 Å². The quantitative estimate of drug-likeness (QED) is 0.796. The average molecular weight is 282 g/mol. The molecule has 106 valence electrons. The van der Waals surface area contributed by atoms with Crippen molar-refractivity contribution in [1.82, 2.24) is 15.0 Å². The van der Waals surface area contributed by atoms with Crippen LogP contribution < -0.4 is 5.32 Å². The van der Waals surface area contributed by atoms with E-state index in [4.69, 9.17) is 0 Å². The van der Waals surface area contributed by atoms with Gasteiger partial charge in [0.2, 0.25) is 0 Å². The van der Waals surface area contributed by atoms with Crippen molar-refractivity contribution < 1.29 is 4.39 Å². The van der Waals surface area contributed by atoms with Crippen molar-refractivity contribution in [3.63, 3.8) is 0 Å². The highest BCUT2D eigenvalue weighted by Crippen LogP contribution is 2.28. The van der Waals surface area contributed by atoms with E-state index in [1.165, 1.54) is 0 Å². The van der Waals surface area contributed by atoms with Crippen LogP contribution in [0.25, 0.3) is 11.0 Å². The van der Waals surface area contributed by atoms with E-state index in [9.17, 15) is 4.39 Å². The fourth-order valence-electron chi connectivity index (χ4n) is 2.25. The molecule has 0 saturated carbocycles. The number of anilines is 1. The van der Waals surface area contributed by atoms with Gasteiger partial charge in [-0.1, -0.05) is 6.07 Å². The lowest BCUT2D eigenvalue weighted by Crippen LogP contribution is -2.11. The highest BCUT2D eigenvalue weighted by Gasteiger charge is 2.16. The van der Waals surface area contributed by atoms with Crippen molar-refractivity contribution in [2.75, 3.05) is 5.32 Å². The second-order valence-electron chi connectivity index (χ2n) is 4.88. The number of pyridine rings is 3. The number of nitrogens with one attached hydrogen (secondary N) is 1. The Hall–Kier alpha value is -2.56. The molecule has 0 amide bonds. The van der Waals surface area contributed by atoms with Crippen molar-refractivity contribution in [3.05, 3.63) is 59.9 Å². The standard InChI is InChI=1S/C16H15FN4/c1-10(12-6-3-4-8-18-12)21-16-14(17)11(2)20-13-7-5-9-19-15(13)16/h3-10H,1-2H3,(H,20,21)/t10-/m1/s1. The van der Waals surface area contributed by atoms with Gasteiger partial charge in [0.25, 0.3) is 0 Å². The Labute approximate surface area is 122 Å². The normalized spacial score (nSPS) is 12.3. The van der Waals surface area contributed by atoms with Crippen molar-refractivity contribution in [2.45, 2.75) is 19.9 Å². The predicted molar refractivity (Wildman–Crippen MR) is 80.5 cm³/mol. The molecule has 3 aromatic rings. The van der Waals surface area contributed by atoms with Gasteiger partial charge in [-0.2, -0.15) is 0 Å². The zero-order valence-corrected chi connectivity index (χ0v) is 11.8. The van der Waals surface area contributed by atoms with Crippen molar-refractivity contribution in [3.8, 4) is 0 Å². The van der Waals surface area contributed by atoms with Gasteiger partial charge in [-0.3, -0.25) is 9.97 Å². The predicted octanol–water partition coefficient (Wildman–Crippen LogP) is 3.65. The molecule has 0 unspecified atom stereocenters. The van der Waals surface area contributed by atoms with E-state index in [-0.39, 0.29) is 11.9 Å². The molecule has 0 aliphatic carbocycles. The summed E-state index contributed by atoms with van der Waals surface area (Å²) in [6, 6.07) is 9.14. The molecule has 0 aliphatic rings. The highest BCUT2D eigenvalue weighted by atomic mass is 19.1. The van der Waals surface area contributed by atoms with Crippen LogP contribution in [0.2, 0.25) is 0 Å². The van der Waals surface area contributed by atoms with Crippen molar-refractivity contribution >= 4 is 16.7 Å². The monoisotopic (exact) mass is 282 g/mol. The van der Waals surface area contributed by atoms with Gasteiger partial charge >= 0.3 is 0 Å². The molecule has 3 aromatic heterocycles. The van der Waals surface area contributed by atoms with Crippen LogP contribution >= 0.6 is 0 Å². The molecule has 5 heteroatoms. The van der Waals surface area contributed by atoms with E-state index in [2.05, 4.69) is 20.3 Å². The van der Waals surface area contributed by atoms with Gasteiger partial charge in [0.1, 0.15) is 11.2 Å². The van der Waals surface area contributed by atoms with Crippen LogP contribution in [0.3, 0.4) is 0 Å². The van der Waals surface area contributed by atoms with Gasteiger partial charge < -0.3 is 5.32 Å². The first-order valence-corrected chi connectivity index (χ1v) is 6.75. The van der Waals surface area contributed by atoms with Crippen LogP contribution in [0.4, 0.5) is 10.1 Å². The molecular weight excluding hydrogens is 267 g/mol. The van der Waals surface area contributed by atoms with E-state index < -0.39 is 0 Å². The lowest BCUT2D eigenvalue weighted by Gasteiger charge is -2.17. The van der Waals surface area contributed by atoms with Gasteiger partial charge in [-0.15, -0.1) is 0 Å². The van der Waals surface area contributed by atoms with Crippen LogP contribution in [0.15, 0.2) is 42.7 Å². The van der Waals surface area contributed by atoms with E-state index in [1.807, 2.05) is 31.2 Å². The molecule has 1 N–H and O–H groups in total. The number of halogens is 1. The minimum absolute atomic E-state index is 0.132. The highest BCUT2D eigenvalue weighted by molar-refractivity contribution is 5.88. The first-order chi connectivity index (χ1) is 10.2. The Bertz CT molecular complexity index is 774. The smallest absolute Gasteiger partial charge is 0.169 e. The Kier molecular flexibility index (Phi) is 3.48. The Morgan fingerprint density at radius 2 is 1.90 bits per heavy atom. The van der Waals surface area contributed by atoms with Gasteiger partial charge in [0, 0.05) is 12.4 Å². The fourth-order valence-corrected chi connectivity index (χ4v) is 2.25. The zero-order valence-electron chi connectivity index (χ0n) is 11.8. The average Bonchev–Trinajstić information content (AvgIpc) is 2.52. The summed E-state index contributed by atoms with van der Waals surface area (Å²) in [5, 5.41) is 3.17. The number of nitrogens with zero attached hydrogens (tertiary/aromatic N) is 3. The molecule has 21 heavy (non-hydrogen) atoms. The second-order valence-corrected chi connectivity index (χ2v) is 4.88. The number of rotatable bonds is 3. The SMILES string of the molecule is Cc1nc2cccnc2c(N[C@H](C)c2ccccn2)c1F. The van der Waals surface area contributed by atoms with Crippen LogP contribution in [-0.2, 0) is 0 Å². The summed E-state index contributed by atoms with van der Waals surface area (Å²) in [6.07, 6.45) is 3.35. The molecule has 0 aromatic carbocycles. The van der Waals surface area contributed by atoms with Gasteiger partial charge in [-0.05, 0) is 38.1 Å². The summed E-state index contributed by atoms with van der Waals surface area (Å²) in [4.78, 5) is 12.8. The fraction of sp³-hybridized carbons (Fsp3) is 0.188. The molecule has 1 atom stereocenters. The lowest BCUT2D eigenvalue weighted by atomic mass is 10.1. The molecule has 0 aliphatic heterocycles. The third-order valence-corrected chi connectivity index (χ3v) is 3.34. The Morgan fingerprint density at radius 3 is 2.67 bits per heavy atom. The maximum atomic E-state index is 14.4. The Morgan fingerprint density at radius 1 is 1.10 bits per heavy atom. The molecule has 0 bridgehead atoms. The first kappa shape index (κ1) is 13.4. The van der Waals surface area contributed by atoms with Crippen LogP contribution in [0, 0.1) is 12.7 Å². The summed E-state index contributed by atoms with van der Waals surface area (Å²) in [5.74, 6) is -0.371. The zero-order chi connectivity index (χ0) is 14.8. The number of hydrogen-bond donors (Lipinski definition) is 1. The molecule has 0 spiro atoms. The summed E-state index contributed by atoms with van der Waals surface area (Å²) in [5.41, 5.74) is 2.77. The van der Waals surface area contributed by atoms with Gasteiger partial charge in [0.05, 0.1) is 22.9 Å². The number of aromatic nitrogens is 3. The summed E-state index contributed by atoms with van der Waals surface area (Å²) in [6.45, 7) is 3.59. The molecule has 0 radical (unpaired) electrons. The maximum absolute atomic E-state index is 14.4. The van der Waals surface area contributed by atoms with Crippen LogP contribution in [-0.4, -0.2) is 15.0 Å². The largest absolute Gasteiger partial charge is 0.373 e. The van der Waals surface area contributed by atoms with E-state index in [1.54, 1.807) is 25.4 Å². The minimum atomic E-state index is -0.371. The maximum Gasteiger partial charge on any atom is 0.169 e. The van der Waals surface area contributed by atoms with E-state index in [0.29, 0.717) is 22.4 Å². The van der Waals surface area contributed by atoms with Gasteiger partial charge in [-0.25, -0.2) is 9.37 Å². The lowest BCUT2D eigenvalue weighted by molar-refractivity contribution is 0.612. The molecular formula is C16H15FN4.